The van der Waals surface area contributed by atoms with E-state index >= 15 is 0 Å². The van der Waals surface area contributed by atoms with Crippen LogP contribution in [0.5, 0.6) is 0 Å². The zero-order chi connectivity index (χ0) is 24.8. The maximum Gasteiger partial charge on any atom is 0.355 e. The smallest absolute Gasteiger partial charge is 0.355 e. The molecule has 0 radical (unpaired) electrons. The van der Waals surface area contributed by atoms with E-state index in [1.807, 2.05) is 18.2 Å². The lowest BCUT2D eigenvalue weighted by atomic mass is 10.1. The van der Waals surface area contributed by atoms with Gasteiger partial charge in [-0.2, -0.15) is 0 Å². The van der Waals surface area contributed by atoms with E-state index in [1.54, 1.807) is 49.6 Å². The van der Waals surface area contributed by atoms with Crippen molar-refractivity contribution < 1.29 is 28.7 Å². The Morgan fingerprint density at radius 2 is 1.59 bits per heavy atom. The van der Waals surface area contributed by atoms with Crippen molar-refractivity contribution in [1.82, 2.24) is 14.8 Å². The third-order valence-electron chi connectivity index (χ3n) is 5.46. The number of aromatic nitrogens is 1. The van der Waals surface area contributed by atoms with Crippen LogP contribution in [0.1, 0.15) is 46.0 Å². The van der Waals surface area contributed by atoms with Crippen LogP contribution in [0.4, 0.5) is 10.5 Å². The predicted molar refractivity (Wildman–Crippen MR) is 125 cm³/mol. The number of aromatic amines is 1. The molecular formula is C24H30N4O6. The second kappa shape index (κ2) is 10.9. The molecule has 3 amide bonds. The molecule has 1 saturated heterocycles. The van der Waals surface area contributed by atoms with Crippen molar-refractivity contribution in [3.05, 3.63) is 52.8 Å². The molecule has 3 rings (SSSR count). The summed E-state index contributed by atoms with van der Waals surface area (Å²) in [5.41, 5.74) is 2.01. The number of nitrogens with zero attached hydrogens (tertiary/aromatic N) is 2. The van der Waals surface area contributed by atoms with Crippen molar-refractivity contribution >= 4 is 29.6 Å². The lowest BCUT2D eigenvalue weighted by molar-refractivity contribution is -0.135. The zero-order valence-electron chi connectivity index (χ0n) is 19.8. The van der Waals surface area contributed by atoms with Crippen LogP contribution in [0.2, 0.25) is 0 Å². The van der Waals surface area contributed by atoms with Gasteiger partial charge in [0.2, 0.25) is 0 Å². The minimum Gasteiger partial charge on any atom is -0.459 e. The van der Waals surface area contributed by atoms with Crippen LogP contribution < -0.4 is 5.32 Å². The Kier molecular flexibility index (Phi) is 7.93. The average Bonchev–Trinajstić information content (AvgIpc) is 3.11. The molecule has 182 valence electrons. The topological polar surface area (TPSA) is 121 Å². The van der Waals surface area contributed by atoms with Gasteiger partial charge in [-0.25, -0.2) is 14.4 Å². The Morgan fingerprint density at radius 3 is 2.21 bits per heavy atom. The Labute approximate surface area is 198 Å². The molecule has 1 aliphatic rings. The quantitative estimate of drug-likeness (QED) is 0.626. The summed E-state index contributed by atoms with van der Waals surface area (Å²) in [5, 5.41) is 2.82. The highest BCUT2D eigenvalue weighted by molar-refractivity contribution is 5.99. The normalized spacial score (nSPS) is 13.6. The first-order valence-electron chi connectivity index (χ1n) is 11.1. The third kappa shape index (κ3) is 5.94. The summed E-state index contributed by atoms with van der Waals surface area (Å²) in [6.45, 7) is 7.76. The Bertz CT molecular complexity index is 1050. The molecule has 0 saturated carbocycles. The van der Waals surface area contributed by atoms with Gasteiger partial charge >= 0.3 is 18.0 Å². The molecule has 2 heterocycles. The number of amides is 3. The predicted octanol–water partition coefficient (Wildman–Crippen LogP) is 2.73. The number of para-hydroxylation sites is 1. The number of H-pyrrole nitrogens is 1. The van der Waals surface area contributed by atoms with Crippen molar-refractivity contribution in [2.24, 2.45) is 0 Å². The number of nitrogens with one attached hydrogen (secondary N) is 2. The number of aryl methyl sites for hydroxylation is 1. The van der Waals surface area contributed by atoms with Gasteiger partial charge in [-0.3, -0.25) is 4.79 Å². The summed E-state index contributed by atoms with van der Waals surface area (Å²) >= 11 is 0. The van der Waals surface area contributed by atoms with Crippen LogP contribution >= 0.6 is 0 Å². The van der Waals surface area contributed by atoms with Crippen molar-refractivity contribution in [2.45, 2.75) is 33.8 Å². The number of carbonyl (C=O) groups is 4. The molecule has 1 aromatic carbocycles. The van der Waals surface area contributed by atoms with Gasteiger partial charge in [-0.05, 0) is 45.4 Å². The number of benzene rings is 1. The molecule has 10 nitrogen and oxygen atoms in total. The highest BCUT2D eigenvalue weighted by Gasteiger charge is 2.27. The molecular weight excluding hydrogens is 440 g/mol. The van der Waals surface area contributed by atoms with Crippen molar-refractivity contribution in [1.29, 1.82) is 0 Å². The van der Waals surface area contributed by atoms with Gasteiger partial charge in [-0.1, -0.05) is 18.2 Å². The molecule has 2 aromatic rings. The van der Waals surface area contributed by atoms with E-state index in [0.29, 0.717) is 43.1 Å². The maximum absolute atomic E-state index is 12.5. The summed E-state index contributed by atoms with van der Waals surface area (Å²) in [6, 6.07) is 8.91. The molecule has 0 atom stereocenters. The van der Waals surface area contributed by atoms with Gasteiger partial charge in [0, 0.05) is 37.6 Å². The van der Waals surface area contributed by atoms with E-state index in [1.165, 1.54) is 0 Å². The van der Waals surface area contributed by atoms with E-state index in [4.69, 9.17) is 9.47 Å². The summed E-state index contributed by atoms with van der Waals surface area (Å²) in [7, 11) is 0. The summed E-state index contributed by atoms with van der Waals surface area (Å²) in [6.07, 6.45) is -0.292. The number of esters is 2. The molecule has 1 aliphatic heterocycles. The fourth-order valence-corrected chi connectivity index (χ4v) is 3.71. The van der Waals surface area contributed by atoms with Crippen molar-refractivity contribution in [3.63, 3.8) is 0 Å². The average molecular weight is 471 g/mol. The van der Waals surface area contributed by atoms with Gasteiger partial charge in [-0.15, -0.1) is 0 Å². The summed E-state index contributed by atoms with van der Waals surface area (Å²) in [5.74, 6) is -1.60. The summed E-state index contributed by atoms with van der Waals surface area (Å²) in [4.78, 5) is 55.8. The number of rotatable bonds is 6. The summed E-state index contributed by atoms with van der Waals surface area (Å²) < 4.78 is 10.4. The lowest BCUT2D eigenvalue weighted by Crippen LogP contribution is -2.52. The van der Waals surface area contributed by atoms with E-state index in [-0.39, 0.29) is 29.3 Å². The van der Waals surface area contributed by atoms with Crippen LogP contribution in [0.15, 0.2) is 30.3 Å². The van der Waals surface area contributed by atoms with Gasteiger partial charge in [0.1, 0.15) is 5.69 Å². The highest BCUT2D eigenvalue weighted by Crippen LogP contribution is 2.20. The fraction of sp³-hybridized carbons (Fsp3) is 0.417. The van der Waals surface area contributed by atoms with Crippen LogP contribution in [-0.4, -0.2) is 77.6 Å². The number of hydrogen-bond acceptors (Lipinski definition) is 6. The molecule has 1 fully saturated rings. The van der Waals surface area contributed by atoms with Gasteiger partial charge < -0.3 is 29.6 Å². The van der Waals surface area contributed by atoms with E-state index in [0.717, 1.165) is 0 Å². The van der Waals surface area contributed by atoms with E-state index in [2.05, 4.69) is 10.3 Å². The first-order valence-corrected chi connectivity index (χ1v) is 11.1. The van der Waals surface area contributed by atoms with Crippen LogP contribution in [0.25, 0.3) is 0 Å². The van der Waals surface area contributed by atoms with Gasteiger partial charge in [0.05, 0.1) is 11.7 Å². The van der Waals surface area contributed by atoms with Gasteiger partial charge in [0.25, 0.3) is 5.91 Å². The van der Waals surface area contributed by atoms with E-state index in [9.17, 15) is 19.2 Å². The second-order valence-electron chi connectivity index (χ2n) is 8.32. The molecule has 0 unspecified atom stereocenters. The van der Waals surface area contributed by atoms with Crippen LogP contribution in [0, 0.1) is 13.8 Å². The fourth-order valence-electron chi connectivity index (χ4n) is 3.71. The molecule has 1 aromatic heterocycles. The SMILES string of the molecule is Cc1[nH]c(C(=O)OCC(=O)N2CCN(C(=O)Nc3ccccc3)CC2)c(C)c1C(=O)OC(C)C. The number of ether oxygens (including phenoxy) is 2. The second-order valence-corrected chi connectivity index (χ2v) is 8.32. The third-order valence-corrected chi connectivity index (χ3v) is 5.46. The number of anilines is 1. The van der Waals surface area contributed by atoms with E-state index < -0.39 is 18.5 Å². The first kappa shape index (κ1) is 24.8. The largest absolute Gasteiger partial charge is 0.459 e. The Balaban J connectivity index is 1.49. The number of piperazine rings is 1. The lowest BCUT2D eigenvalue weighted by Gasteiger charge is -2.34. The highest BCUT2D eigenvalue weighted by atomic mass is 16.5. The minimum atomic E-state index is -0.724. The Morgan fingerprint density at radius 1 is 0.971 bits per heavy atom. The van der Waals surface area contributed by atoms with Crippen molar-refractivity contribution in [2.75, 3.05) is 38.1 Å². The zero-order valence-corrected chi connectivity index (χ0v) is 19.8. The van der Waals surface area contributed by atoms with Crippen LogP contribution in [0.3, 0.4) is 0 Å². The monoisotopic (exact) mass is 470 g/mol. The molecule has 10 heteroatoms. The molecule has 0 aliphatic carbocycles. The molecule has 2 N–H and O–H groups in total. The van der Waals surface area contributed by atoms with Crippen LogP contribution in [-0.2, 0) is 14.3 Å². The Hall–Kier alpha value is -3.82. The maximum atomic E-state index is 12.5. The molecule has 0 bridgehead atoms. The van der Waals surface area contributed by atoms with Gasteiger partial charge in [0.15, 0.2) is 6.61 Å². The molecule has 0 spiro atoms. The molecule has 34 heavy (non-hydrogen) atoms. The number of hydrogen-bond donors (Lipinski definition) is 2. The minimum absolute atomic E-state index is 0.114. The number of urea groups is 1. The first-order chi connectivity index (χ1) is 16.2. The van der Waals surface area contributed by atoms with Crippen molar-refractivity contribution in [3.8, 4) is 0 Å². The number of carbonyl (C=O) groups excluding carboxylic acids is 4. The standard InChI is InChI=1S/C24H30N4O6/c1-15(2)34-22(30)20-16(3)21(25-17(20)4)23(31)33-14-19(29)27-10-12-28(13-11-27)24(32)26-18-8-6-5-7-9-18/h5-9,15,25H,10-14H2,1-4H3,(H,26,32).